The maximum absolute atomic E-state index is 13.3. The topological polar surface area (TPSA) is 43.7 Å². The van der Waals surface area contributed by atoms with Crippen molar-refractivity contribution in [2.45, 2.75) is 19.9 Å². The summed E-state index contributed by atoms with van der Waals surface area (Å²) in [6.07, 6.45) is 1.29. The van der Waals surface area contributed by atoms with Crippen LogP contribution in [-0.4, -0.2) is 35.7 Å². The van der Waals surface area contributed by atoms with Gasteiger partial charge in [-0.05, 0) is 36.9 Å². The SMILES string of the molecule is CC1CC1CN(C)Cc1ccc(F)c(B(O)O)c1. The molecule has 3 nitrogen and oxygen atoms in total. The second kappa shape index (κ2) is 5.39. The number of benzene rings is 1. The van der Waals surface area contributed by atoms with Gasteiger partial charge in [-0.3, -0.25) is 0 Å². The second-order valence-corrected chi connectivity index (χ2v) is 5.40. The molecule has 0 bridgehead atoms. The molecule has 2 unspecified atom stereocenters. The molecule has 1 saturated carbocycles. The van der Waals surface area contributed by atoms with Crippen LogP contribution in [0.25, 0.3) is 0 Å². The van der Waals surface area contributed by atoms with E-state index < -0.39 is 12.9 Å². The normalized spacial score (nSPS) is 22.3. The molecule has 0 saturated heterocycles. The maximum atomic E-state index is 13.3. The van der Waals surface area contributed by atoms with Crippen molar-refractivity contribution in [1.29, 1.82) is 0 Å². The van der Waals surface area contributed by atoms with Gasteiger partial charge in [0.05, 0.1) is 0 Å². The molecular formula is C13H19BFNO2. The van der Waals surface area contributed by atoms with Crippen LogP contribution < -0.4 is 5.46 Å². The lowest BCUT2D eigenvalue weighted by molar-refractivity contribution is 0.307. The number of rotatable bonds is 5. The summed E-state index contributed by atoms with van der Waals surface area (Å²) in [5.41, 5.74) is 0.844. The van der Waals surface area contributed by atoms with E-state index in [0.717, 1.165) is 23.9 Å². The Morgan fingerprint density at radius 2 is 2.11 bits per heavy atom. The van der Waals surface area contributed by atoms with Gasteiger partial charge in [-0.15, -0.1) is 0 Å². The summed E-state index contributed by atoms with van der Waals surface area (Å²) < 4.78 is 13.3. The first-order chi connectivity index (χ1) is 8.47. The molecular weight excluding hydrogens is 232 g/mol. The summed E-state index contributed by atoms with van der Waals surface area (Å²) >= 11 is 0. The van der Waals surface area contributed by atoms with Crippen LogP contribution >= 0.6 is 0 Å². The third-order valence-electron chi connectivity index (χ3n) is 3.61. The first-order valence-electron chi connectivity index (χ1n) is 6.30. The Morgan fingerprint density at radius 3 is 2.67 bits per heavy atom. The van der Waals surface area contributed by atoms with Gasteiger partial charge in [0, 0.05) is 18.6 Å². The number of halogens is 1. The molecule has 5 heteroatoms. The van der Waals surface area contributed by atoms with E-state index in [4.69, 9.17) is 10.0 Å². The van der Waals surface area contributed by atoms with E-state index in [1.165, 1.54) is 18.6 Å². The highest BCUT2D eigenvalue weighted by Crippen LogP contribution is 2.38. The molecule has 1 aromatic rings. The van der Waals surface area contributed by atoms with Gasteiger partial charge in [0.1, 0.15) is 5.82 Å². The summed E-state index contributed by atoms with van der Waals surface area (Å²) in [7, 11) is 0.280. The van der Waals surface area contributed by atoms with Gasteiger partial charge in [-0.25, -0.2) is 4.39 Å². The molecule has 2 N–H and O–H groups in total. The molecule has 1 fully saturated rings. The van der Waals surface area contributed by atoms with Crippen LogP contribution in [0.1, 0.15) is 18.9 Å². The Labute approximate surface area is 107 Å². The molecule has 0 aliphatic heterocycles. The molecule has 0 aromatic heterocycles. The molecule has 2 atom stereocenters. The average Bonchev–Trinajstić information content (AvgIpc) is 2.96. The minimum absolute atomic E-state index is 0.0549. The minimum atomic E-state index is -1.75. The van der Waals surface area contributed by atoms with Gasteiger partial charge in [-0.2, -0.15) is 0 Å². The van der Waals surface area contributed by atoms with Crippen LogP contribution in [-0.2, 0) is 6.54 Å². The first kappa shape index (κ1) is 13.5. The summed E-state index contributed by atoms with van der Waals surface area (Å²) in [5, 5.41) is 18.1. The molecule has 0 radical (unpaired) electrons. The molecule has 0 heterocycles. The van der Waals surface area contributed by atoms with Gasteiger partial charge in [0.25, 0.3) is 0 Å². The van der Waals surface area contributed by atoms with Crippen LogP contribution in [0.5, 0.6) is 0 Å². The predicted molar refractivity (Wildman–Crippen MR) is 69.8 cm³/mol. The highest BCUT2D eigenvalue weighted by atomic mass is 19.1. The Balaban J connectivity index is 1.98. The Morgan fingerprint density at radius 1 is 1.44 bits per heavy atom. The van der Waals surface area contributed by atoms with Crippen molar-refractivity contribution in [3.8, 4) is 0 Å². The first-order valence-corrected chi connectivity index (χ1v) is 6.30. The van der Waals surface area contributed by atoms with Gasteiger partial charge < -0.3 is 14.9 Å². The summed E-state index contributed by atoms with van der Waals surface area (Å²) in [5.74, 6) is 1.01. The molecule has 18 heavy (non-hydrogen) atoms. The van der Waals surface area contributed by atoms with Crippen molar-refractivity contribution >= 4 is 12.6 Å². The summed E-state index contributed by atoms with van der Waals surface area (Å²) in [6.45, 7) is 3.98. The molecule has 1 aliphatic rings. The van der Waals surface area contributed by atoms with E-state index in [9.17, 15) is 4.39 Å². The second-order valence-electron chi connectivity index (χ2n) is 5.40. The van der Waals surface area contributed by atoms with E-state index >= 15 is 0 Å². The molecule has 2 rings (SSSR count). The third kappa shape index (κ3) is 3.31. The van der Waals surface area contributed by atoms with E-state index in [1.54, 1.807) is 6.07 Å². The molecule has 98 valence electrons. The van der Waals surface area contributed by atoms with Crippen LogP contribution in [0.4, 0.5) is 4.39 Å². The maximum Gasteiger partial charge on any atom is 0.491 e. The van der Waals surface area contributed by atoms with Crippen molar-refractivity contribution in [3.63, 3.8) is 0 Å². The summed E-state index contributed by atoms with van der Waals surface area (Å²) in [6, 6.07) is 4.50. The van der Waals surface area contributed by atoms with Crippen molar-refractivity contribution in [2.75, 3.05) is 13.6 Å². The van der Waals surface area contributed by atoms with Crippen LogP contribution in [0.15, 0.2) is 18.2 Å². The highest BCUT2D eigenvalue weighted by Gasteiger charge is 2.33. The van der Waals surface area contributed by atoms with Gasteiger partial charge in [-0.1, -0.05) is 19.1 Å². The standard InChI is InChI=1S/C13H19BFNO2/c1-9-5-11(9)8-16(2)7-10-3-4-13(15)12(6-10)14(17)18/h3-4,6,9,11,17-18H,5,7-8H2,1-2H3. The van der Waals surface area contributed by atoms with Crippen molar-refractivity contribution in [1.82, 2.24) is 4.90 Å². The summed E-state index contributed by atoms with van der Waals surface area (Å²) in [4.78, 5) is 2.19. The largest absolute Gasteiger partial charge is 0.491 e. The molecule has 0 amide bonds. The molecule has 1 aromatic carbocycles. The van der Waals surface area contributed by atoms with E-state index in [-0.39, 0.29) is 5.46 Å². The van der Waals surface area contributed by atoms with E-state index in [2.05, 4.69) is 11.8 Å². The smallest absolute Gasteiger partial charge is 0.423 e. The zero-order valence-corrected chi connectivity index (χ0v) is 10.8. The zero-order chi connectivity index (χ0) is 13.3. The molecule has 1 aliphatic carbocycles. The lowest BCUT2D eigenvalue weighted by Gasteiger charge is -2.17. The highest BCUT2D eigenvalue weighted by molar-refractivity contribution is 6.58. The van der Waals surface area contributed by atoms with Gasteiger partial charge >= 0.3 is 7.12 Å². The lowest BCUT2D eigenvalue weighted by atomic mass is 9.79. The van der Waals surface area contributed by atoms with Crippen LogP contribution in [0, 0.1) is 17.7 Å². The average molecular weight is 251 g/mol. The lowest BCUT2D eigenvalue weighted by Crippen LogP contribution is -2.33. The number of hydrogen-bond donors (Lipinski definition) is 2. The fourth-order valence-electron chi connectivity index (χ4n) is 2.32. The van der Waals surface area contributed by atoms with Crippen molar-refractivity contribution < 1.29 is 14.4 Å². The van der Waals surface area contributed by atoms with Gasteiger partial charge in [0.2, 0.25) is 0 Å². The van der Waals surface area contributed by atoms with Gasteiger partial charge in [0.15, 0.2) is 0 Å². The monoisotopic (exact) mass is 251 g/mol. The zero-order valence-electron chi connectivity index (χ0n) is 10.8. The quantitative estimate of drug-likeness (QED) is 0.753. The predicted octanol–water partition coefficient (Wildman–Crippen LogP) is 0.593. The van der Waals surface area contributed by atoms with E-state index in [1.807, 2.05) is 7.05 Å². The third-order valence-corrected chi connectivity index (χ3v) is 3.61. The van der Waals surface area contributed by atoms with Crippen molar-refractivity contribution in [3.05, 3.63) is 29.6 Å². The Bertz CT molecular complexity index is 427. The Kier molecular flexibility index (Phi) is 4.05. The van der Waals surface area contributed by atoms with Crippen molar-refractivity contribution in [2.24, 2.45) is 11.8 Å². The molecule has 0 spiro atoms. The number of nitrogens with zero attached hydrogens (tertiary/aromatic N) is 1. The van der Waals surface area contributed by atoms with E-state index in [0.29, 0.717) is 6.54 Å². The van der Waals surface area contributed by atoms with Crippen LogP contribution in [0.3, 0.4) is 0 Å². The van der Waals surface area contributed by atoms with Crippen LogP contribution in [0.2, 0.25) is 0 Å². The Hall–Kier alpha value is -0.905. The fraction of sp³-hybridized carbons (Fsp3) is 0.538. The fourth-order valence-corrected chi connectivity index (χ4v) is 2.32. The number of hydrogen-bond acceptors (Lipinski definition) is 3. The minimum Gasteiger partial charge on any atom is -0.423 e.